The first kappa shape index (κ1) is 29.1. The van der Waals surface area contributed by atoms with Crippen molar-refractivity contribution >= 4 is 45.5 Å². The molecule has 0 unspecified atom stereocenters. The average Bonchev–Trinajstić information content (AvgIpc) is 3.39. The van der Waals surface area contributed by atoms with E-state index in [0.717, 1.165) is 22.7 Å². The first-order valence-electron chi connectivity index (χ1n) is 17.0. The fourth-order valence-corrected chi connectivity index (χ4v) is 7.87. The molecule has 0 N–H and O–H groups in total. The number of para-hydroxylation sites is 4. The first-order chi connectivity index (χ1) is 24.0. The van der Waals surface area contributed by atoms with Crippen LogP contribution in [0.3, 0.4) is 0 Å². The van der Waals surface area contributed by atoms with Crippen molar-refractivity contribution in [3.05, 3.63) is 181 Å². The minimum absolute atomic E-state index is 0.0865. The van der Waals surface area contributed by atoms with Crippen LogP contribution in [0.5, 0.6) is 0 Å². The molecule has 0 amide bonds. The highest BCUT2D eigenvalue weighted by Crippen LogP contribution is 2.52. The zero-order chi connectivity index (χ0) is 33.1. The summed E-state index contributed by atoms with van der Waals surface area (Å²) in [5, 5.41) is 0. The van der Waals surface area contributed by atoms with Crippen LogP contribution in [-0.4, -0.2) is 7.05 Å². The molecule has 7 aromatic rings. The molecule has 1 aliphatic carbocycles. The fraction of sp³-hybridized carbons (Fsp3) is 0.0870. The van der Waals surface area contributed by atoms with Gasteiger partial charge in [0.2, 0.25) is 0 Å². The zero-order valence-corrected chi connectivity index (χ0v) is 28.0. The van der Waals surface area contributed by atoms with Crippen molar-refractivity contribution in [2.75, 3.05) is 21.7 Å². The Morgan fingerprint density at radius 3 is 1.57 bits per heavy atom. The van der Waals surface area contributed by atoms with Crippen LogP contribution in [0.1, 0.15) is 25.0 Å². The summed E-state index contributed by atoms with van der Waals surface area (Å²) < 4.78 is 0. The van der Waals surface area contributed by atoms with Crippen LogP contribution in [0.4, 0.5) is 45.5 Å². The average molecular weight is 632 g/mol. The second kappa shape index (κ2) is 11.3. The first-order valence-corrected chi connectivity index (χ1v) is 17.0. The topological polar surface area (TPSA) is 9.72 Å². The molecule has 3 heteroatoms. The quantitative estimate of drug-likeness (QED) is 0.187. The van der Waals surface area contributed by atoms with Crippen LogP contribution < -0.4 is 14.7 Å². The molecule has 0 bridgehead atoms. The van der Waals surface area contributed by atoms with Gasteiger partial charge in [-0.2, -0.15) is 0 Å². The molecule has 49 heavy (non-hydrogen) atoms. The van der Waals surface area contributed by atoms with E-state index in [1.54, 1.807) is 0 Å². The van der Waals surface area contributed by atoms with E-state index in [4.69, 9.17) is 0 Å². The summed E-state index contributed by atoms with van der Waals surface area (Å²) >= 11 is 0. The Labute approximate surface area is 289 Å². The Kier molecular flexibility index (Phi) is 6.70. The molecule has 0 saturated carbocycles. The van der Waals surface area contributed by atoms with E-state index in [9.17, 15) is 0 Å². The van der Waals surface area contributed by atoms with E-state index in [-0.39, 0.29) is 5.41 Å². The van der Waals surface area contributed by atoms with Crippen molar-refractivity contribution in [2.24, 2.45) is 0 Å². The van der Waals surface area contributed by atoms with Crippen molar-refractivity contribution in [3.8, 4) is 22.3 Å². The molecule has 3 nitrogen and oxygen atoms in total. The molecular weight excluding hydrogens is 595 g/mol. The molecule has 1 aliphatic heterocycles. The largest absolute Gasteiger partial charge is 0.341 e. The molecular formula is C46H37N3. The van der Waals surface area contributed by atoms with E-state index in [1.807, 2.05) is 0 Å². The van der Waals surface area contributed by atoms with Crippen molar-refractivity contribution in [2.45, 2.75) is 19.3 Å². The molecule has 0 saturated heterocycles. The summed E-state index contributed by atoms with van der Waals surface area (Å²) in [6.45, 7) is 4.70. The molecule has 1 heterocycles. The molecule has 0 fully saturated rings. The van der Waals surface area contributed by atoms with Crippen LogP contribution in [0.15, 0.2) is 170 Å². The zero-order valence-electron chi connectivity index (χ0n) is 28.0. The number of fused-ring (bicyclic) bond motifs is 5. The van der Waals surface area contributed by atoms with Gasteiger partial charge in [0, 0.05) is 35.2 Å². The summed E-state index contributed by atoms with van der Waals surface area (Å²) in [4.78, 5) is 7.05. The predicted octanol–water partition coefficient (Wildman–Crippen LogP) is 12.7. The van der Waals surface area contributed by atoms with Crippen molar-refractivity contribution in [1.29, 1.82) is 0 Å². The van der Waals surface area contributed by atoms with Crippen molar-refractivity contribution < 1.29 is 0 Å². The third-order valence-corrected chi connectivity index (χ3v) is 10.4. The van der Waals surface area contributed by atoms with Crippen molar-refractivity contribution in [3.63, 3.8) is 0 Å². The highest BCUT2D eigenvalue weighted by atomic mass is 15.3. The molecule has 0 spiro atoms. The van der Waals surface area contributed by atoms with Crippen LogP contribution in [-0.2, 0) is 5.41 Å². The van der Waals surface area contributed by atoms with Crippen LogP contribution in [0, 0.1) is 0 Å². The molecule has 9 rings (SSSR count). The predicted molar refractivity (Wildman–Crippen MR) is 207 cm³/mol. The van der Waals surface area contributed by atoms with Gasteiger partial charge in [0.1, 0.15) is 0 Å². The number of rotatable bonds is 5. The van der Waals surface area contributed by atoms with Gasteiger partial charge < -0.3 is 14.7 Å². The molecule has 0 aromatic heterocycles. The number of nitrogens with zero attached hydrogens (tertiary/aromatic N) is 3. The summed E-state index contributed by atoms with van der Waals surface area (Å²) in [6, 6.07) is 61.7. The van der Waals surface area contributed by atoms with Gasteiger partial charge in [0.25, 0.3) is 0 Å². The summed E-state index contributed by atoms with van der Waals surface area (Å²) in [5.41, 5.74) is 17.0. The van der Waals surface area contributed by atoms with Gasteiger partial charge in [-0.3, -0.25) is 0 Å². The second-order valence-corrected chi connectivity index (χ2v) is 13.5. The molecule has 2 aliphatic rings. The lowest BCUT2D eigenvalue weighted by atomic mass is 9.82. The second-order valence-electron chi connectivity index (χ2n) is 13.5. The Bertz CT molecular complexity index is 2270. The van der Waals surface area contributed by atoms with Crippen LogP contribution in [0.25, 0.3) is 22.3 Å². The van der Waals surface area contributed by atoms with Gasteiger partial charge >= 0.3 is 0 Å². The minimum atomic E-state index is -0.0865. The summed E-state index contributed by atoms with van der Waals surface area (Å²) in [6.07, 6.45) is 0. The fourth-order valence-electron chi connectivity index (χ4n) is 7.87. The normalized spacial score (nSPS) is 13.7. The highest BCUT2D eigenvalue weighted by Gasteiger charge is 2.36. The number of benzene rings is 7. The summed E-state index contributed by atoms with van der Waals surface area (Å²) in [7, 11) is 2.15. The molecule has 236 valence electrons. The van der Waals surface area contributed by atoms with Gasteiger partial charge in [0.15, 0.2) is 0 Å². The van der Waals surface area contributed by atoms with E-state index in [2.05, 4.69) is 205 Å². The van der Waals surface area contributed by atoms with Gasteiger partial charge in [-0.15, -0.1) is 0 Å². The maximum atomic E-state index is 2.40. The third-order valence-electron chi connectivity index (χ3n) is 10.4. The molecule has 0 radical (unpaired) electrons. The molecule has 0 atom stereocenters. The number of hydrogen-bond acceptors (Lipinski definition) is 3. The Morgan fingerprint density at radius 2 is 0.918 bits per heavy atom. The lowest BCUT2D eigenvalue weighted by Crippen LogP contribution is -2.23. The van der Waals surface area contributed by atoms with E-state index in [0.29, 0.717) is 0 Å². The Balaban J connectivity index is 1.16. The SMILES string of the molecule is CN1c2ccccc2N(c2ccc(N(c3ccc(-c4ccccc4)cc3)c3ccc4c(c3)C(C)(C)c3ccccc3-4)cc2)c2ccccc21. The Morgan fingerprint density at radius 1 is 0.429 bits per heavy atom. The smallest absolute Gasteiger partial charge is 0.0699 e. The van der Waals surface area contributed by atoms with E-state index in [1.165, 1.54) is 56.1 Å². The van der Waals surface area contributed by atoms with Gasteiger partial charge in [-0.05, 0) is 106 Å². The Hall–Kier alpha value is -6.06. The monoisotopic (exact) mass is 631 g/mol. The van der Waals surface area contributed by atoms with Gasteiger partial charge in [0.05, 0.1) is 22.7 Å². The maximum absolute atomic E-state index is 2.40. The van der Waals surface area contributed by atoms with Crippen LogP contribution in [0.2, 0.25) is 0 Å². The lowest BCUT2D eigenvalue weighted by Gasteiger charge is -2.38. The summed E-state index contributed by atoms with van der Waals surface area (Å²) in [5.74, 6) is 0. The number of hydrogen-bond donors (Lipinski definition) is 0. The van der Waals surface area contributed by atoms with Crippen LogP contribution >= 0.6 is 0 Å². The van der Waals surface area contributed by atoms with Crippen molar-refractivity contribution in [1.82, 2.24) is 0 Å². The number of anilines is 8. The standard InChI is InChI=1S/C46H37N3/c1-46(2)40-16-8-7-15-38(40)39-30-29-37(31-41(39)46)48(34-23-21-33(22-24-34)32-13-5-4-6-14-32)35-25-27-36(28-26-35)49-44-19-11-9-17-42(44)47(3)43-18-10-12-20-45(43)49/h4-31H,1-3H3. The van der Waals surface area contributed by atoms with E-state index >= 15 is 0 Å². The maximum Gasteiger partial charge on any atom is 0.0699 e. The van der Waals surface area contributed by atoms with Gasteiger partial charge in [-0.25, -0.2) is 0 Å². The van der Waals surface area contributed by atoms with E-state index < -0.39 is 0 Å². The molecule has 7 aromatic carbocycles. The van der Waals surface area contributed by atoms with Gasteiger partial charge in [-0.1, -0.05) is 111 Å². The lowest BCUT2D eigenvalue weighted by molar-refractivity contribution is 0.660. The minimum Gasteiger partial charge on any atom is -0.341 e. The third kappa shape index (κ3) is 4.65. The highest BCUT2D eigenvalue weighted by molar-refractivity contribution is 5.98.